The maximum atomic E-state index is 11.5. The van der Waals surface area contributed by atoms with Gasteiger partial charge < -0.3 is 10.2 Å². The van der Waals surface area contributed by atoms with Gasteiger partial charge in [0.1, 0.15) is 0 Å². The van der Waals surface area contributed by atoms with E-state index in [-0.39, 0.29) is 5.75 Å². The van der Waals surface area contributed by atoms with Gasteiger partial charge in [-0.25, -0.2) is 13.4 Å². The highest BCUT2D eigenvalue weighted by Gasteiger charge is 2.20. The summed E-state index contributed by atoms with van der Waals surface area (Å²) in [4.78, 5) is 6.64. The van der Waals surface area contributed by atoms with Crippen molar-refractivity contribution in [1.29, 1.82) is 0 Å². The zero-order chi connectivity index (χ0) is 13.0. The van der Waals surface area contributed by atoms with Crippen molar-refractivity contribution in [3.05, 3.63) is 11.1 Å². The Hall–Kier alpha value is -0.660. The molecular formula is C11H19N3O2S2. The van der Waals surface area contributed by atoms with E-state index in [9.17, 15) is 8.42 Å². The molecule has 2 heterocycles. The van der Waals surface area contributed by atoms with Crippen LogP contribution in [0.4, 0.5) is 5.13 Å². The van der Waals surface area contributed by atoms with Crippen LogP contribution in [-0.4, -0.2) is 44.5 Å². The second-order valence-corrected chi connectivity index (χ2v) is 7.53. The molecule has 102 valence electrons. The summed E-state index contributed by atoms with van der Waals surface area (Å²) in [6.45, 7) is 5.12. The van der Waals surface area contributed by atoms with Gasteiger partial charge in [0.15, 0.2) is 15.0 Å². The lowest BCUT2D eigenvalue weighted by molar-refractivity contribution is 0.597. The lowest BCUT2D eigenvalue weighted by atomic mass is 10.4. The lowest BCUT2D eigenvalue weighted by Gasteiger charge is -2.17. The molecule has 1 aromatic rings. The first-order valence-corrected chi connectivity index (χ1v) is 8.91. The average Bonchev–Trinajstić information content (AvgIpc) is 2.72. The Morgan fingerprint density at radius 1 is 1.44 bits per heavy atom. The van der Waals surface area contributed by atoms with Crippen LogP contribution in [-0.2, 0) is 16.4 Å². The van der Waals surface area contributed by atoms with Crippen LogP contribution in [0.1, 0.15) is 19.0 Å². The lowest BCUT2D eigenvalue weighted by Crippen LogP contribution is -2.26. The zero-order valence-corrected chi connectivity index (χ0v) is 12.2. The van der Waals surface area contributed by atoms with Crippen molar-refractivity contribution in [3.63, 3.8) is 0 Å². The molecule has 1 aliphatic rings. The van der Waals surface area contributed by atoms with Crippen LogP contribution in [0.5, 0.6) is 0 Å². The Bertz CT molecular complexity index is 484. The van der Waals surface area contributed by atoms with Crippen molar-refractivity contribution in [3.8, 4) is 0 Å². The molecular weight excluding hydrogens is 270 g/mol. The van der Waals surface area contributed by atoms with E-state index in [1.165, 1.54) is 0 Å². The van der Waals surface area contributed by atoms with Gasteiger partial charge in [0, 0.05) is 25.0 Å². The summed E-state index contributed by atoms with van der Waals surface area (Å²) < 4.78 is 23.1. The predicted molar refractivity (Wildman–Crippen MR) is 75.0 cm³/mol. The number of thiazole rings is 1. The molecule has 0 aliphatic carbocycles. The van der Waals surface area contributed by atoms with Crippen molar-refractivity contribution >= 4 is 26.3 Å². The molecule has 0 bridgehead atoms. The van der Waals surface area contributed by atoms with Crippen molar-refractivity contribution in [2.45, 2.75) is 19.9 Å². The predicted octanol–water partition coefficient (Wildman–Crippen LogP) is 0.877. The van der Waals surface area contributed by atoms with E-state index in [0.29, 0.717) is 18.7 Å². The maximum Gasteiger partial charge on any atom is 0.185 e. The summed E-state index contributed by atoms with van der Waals surface area (Å²) in [5.74, 6) is 0.550. The first-order valence-electron chi connectivity index (χ1n) is 6.21. The summed E-state index contributed by atoms with van der Waals surface area (Å²) in [5.41, 5.74) is 1.03. The molecule has 1 aromatic heterocycles. The third-order valence-electron chi connectivity index (χ3n) is 2.92. The minimum atomic E-state index is -2.84. The molecule has 0 unspecified atom stereocenters. The van der Waals surface area contributed by atoms with Gasteiger partial charge in [-0.2, -0.15) is 0 Å². The van der Waals surface area contributed by atoms with E-state index < -0.39 is 9.84 Å². The molecule has 0 radical (unpaired) electrons. The largest absolute Gasteiger partial charge is 0.347 e. The van der Waals surface area contributed by atoms with Crippen LogP contribution in [0.3, 0.4) is 0 Å². The topological polar surface area (TPSA) is 62.3 Å². The summed E-state index contributed by atoms with van der Waals surface area (Å²) in [7, 11) is -2.84. The standard InChI is InChI=1S/C11H19N3O2S2/c1-2-12-8-10-9-17-11(13-10)14-4-3-6-18(15,16)7-5-14/h9,12H,2-8H2,1H3. The average molecular weight is 289 g/mol. The fourth-order valence-electron chi connectivity index (χ4n) is 1.91. The molecule has 0 atom stereocenters. The van der Waals surface area contributed by atoms with Crippen molar-refractivity contribution in [1.82, 2.24) is 10.3 Å². The molecule has 1 saturated heterocycles. The van der Waals surface area contributed by atoms with E-state index in [1.807, 2.05) is 5.38 Å². The van der Waals surface area contributed by atoms with Crippen LogP contribution in [0.15, 0.2) is 5.38 Å². The van der Waals surface area contributed by atoms with Gasteiger partial charge in [-0.15, -0.1) is 11.3 Å². The molecule has 1 aliphatic heterocycles. The number of rotatable bonds is 4. The fourth-order valence-corrected chi connectivity index (χ4v) is 4.06. The summed E-state index contributed by atoms with van der Waals surface area (Å²) in [6.07, 6.45) is 0.699. The number of hydrogen-bond donors (Lipinski definition) is 1. The molecule has 0 saturated carbocycles. The summed E-state index contributed by atoms with van der Waals surface area (Å²) >= 11 is 1.60. The van der Waals surface area contributed by atoms with Gasteiger partial charge in [0.2, 0.25) is 0 Å². The van der Waals surface area contributed by atoms with Gasteiger partial charge in [-0.1, -0.05) is 6.92 Å². The summed E-state index contributed by atoms with van der Waals surface area (Å²) in [6, 6.07) is 0. The van der Waals surface area contributed by atoms with Gasteiger partial charge in [-0.05, 0) is 13.0 Å². The SMILES string of the molecule is CCNCc1csc(N2CCCS(=O)(=O)CC2)n1. The zero-order valence-electron chi connectivity index (χ0n) is 10.6. The second kappa shape index (κ2) is 5.99. The molecule has 2 rings (SSSR count). The number of nitrogens with zero attached hydrogens (tertiary/aromatic N) is 2. The third kappa shape index (κ3) is 3.66. The van der Waals surface area contributed by atoms with E-state index in [4.69, 9.17) is 0 Å². The first kappa shape index (κ1) is 13.8. The van der Waals surface area contributed by atoms with E-state index in [0.717, 1.165) is 30.5 Å². The minimum Gasteiger partial charge on any atom is -0.347 e. The van der Waals surface area contributed by atoms with Gasteiger partial charge in [0.25, 0.3) is 0 Å². The van der Waals surface area contributed by atoms with Crippen LogP contribution in [0.25, 0.3) is 0 Å². The van der Waals surface area contributed by atoms with Gasteiger partial charge in [-0.3, -0.25) is 0 Å². The Kier molecular flexibility index (Phi) is 4.58. The van der Waals surface area contributed by atoms with Gasteiger partial charge in [0.05, 0.1) is 17.2 Å². The Morgan fingerprint density at radius 3 is 3.06 bits per heavy atom. The smallest absolute Gasteiger partial charge is 0.185 e. The number of hydrogen-bond acceptors (Lipinski definition) is 6. The van der Waals surface area contributed by atoms with Crippen molar-refractivity contribution in [2.24, 2.45) is 0 Å². The van der Waals surface area contributed by atoms with Crippen LogP contribution < -0.4 is 10.2 Å². The first-order chi connectivity index (χ1) is 8.61. The highest BCUT2D eigenvalue weighted by molar-refractivity contribution is 7.91. The molecule has 0 spiro atoms. The minimum absolute atomic E-state index is 0.245. The van der Waals surface area contributed by atoms with Crippen LogP contribution >= 0.6 is 11.3 Å². The molecule has 0 aromatic carbocycles. The number of anilines is 1. The monoisotopic (exact) mass is 289 g/mol. The number of sulfone groups is 1. The van der Waals surface area contributed by atoms with Crippen molar-refractivity contribution in [2.75, 3.05) is 36.0 Å². The molecule has 18 heavy (non-hydrogen) atoms. The normalized spacial score (nSPS) is 19.7. The molecule has 1 fully saturated rings. The molecule has 5 nitrogen and oxygen atoms in total. The highest BCUT2D eigenvalue weighted by Crippen LogP contribution is 2.22. The Balaban J connectivity index is 2.00. The third-order valence-corrected chi connectivity index (χ3v) is 5.59. The molecule has 1 N–H and O–H groups in total. The Labute approximate surface area is 112 Å². The van der Waals surface area contributed by atoms with Crippen LogP contribution in [0.2, 0.25) is 0 Å². The van der Waals surface area contributed by atoms with Crippen molar-refractivity contribution < 1.29 is 8.42 Å². The number of aromatic nitrogens is 1. The van der Waals surface area contributed by atoms with E-state index in [2.05, 4.69) is 22.1 Å². The van der Waals surface area contributed by atoms with Gasteiger partial charge >= 0.3 is 0 Å². The second-order valence-electron chi connectivity index (χ2n) is 4.39. The molecule has 7 heteroatoms. The summed E-state index contributed by atoms with van der Waals surface area (Å²) in [5, 5.41) is 6.22. The fraction of sp³-hybridized carbons (Fsp3) is 0.727. The Morgan fingerprint density at radius 2 is 2.28 bits per heavy atom. The van der Waals surface area contributed by atoms with Crippen LogP contribution in [0, 0.1) is 0 Å². The van der Waals surface area contributed by atoms with E-state index in [1.54, 1.807) is 11.3 Å². The van der Waals surface area contributed by atoms with E-state index >= 15 is 0 Å². The quantitative estimate of drug-likeness (QED) is 0.891. The highest BCUT2D eigenvalue weighted by atomic mass is 32.2. The maximum absolute atomic E-state index is 11.5. The molecule has 0 amide bonds. The number of nitrogens with one attached hydrogen (secondary N) is 1.